The summed E-state index contributed by atoms with van der Waals surface area (Å²) in [6.07, 6.45) is 11.6. The minimum atomic E-state index is -0.00579. The van der Waals surface area contributed by atoms with Crippen molar-refractivity contribution in [3.05, 3.63) is 89.2 Å². The van der Waals surface area contributed by atoms with E-state index in [0.717, 1.165) is 54.2 Å². The minimum Gasteiger partial charge on any atom is -0.492 e. The fourth-order valence-electron chi connectivity index (χ4n) is 9.08. The molecular weight excluding hydrogens is 572 g/mol. The maximum Gasteiger partial charge on any atom is 0.255 e. The molecule has 1 aliphatic heterocycles. The summed E-state index contributed by atoms with van der Waals surface area (Å²) in [5.74, 6) is 9.78. The Morgan fingerprint density at radius 3 is 2.26 bits per heavy atom. The molecule has 0 radical (unpaired) electrons. The van der Waals surface area contributed by atoms with Crippen molar-refractivity contribution in [3.63, 3.8) is 0 Å². The Morgan fingerprint density at radius 1 is 0.913 bits per heavy atom. The number of carbonyl (C=O) groups excluding carboxylic acids is 2. The smallest absolute Gasteiger partial charge is 0.255 e. The number of rotatable bonds is 7. The van der Waals surface area contributed by atoms with Gasteiger partial charge in [-0.2, -0.15) is 0 Å². The van der Waals surface area contributed by atoms with Gasteiger partial charge in [0.05, 0.1) is 18.4 Å². The first-order valence-electron chi connectivity index (χ1n) is 17.0. The van der Waals surface area contributed by atoms with Crippen LogP contribution in [0.5, 0.6) is 5.75 Å². The molecule has 3 aromatic rings. The van der Waals surface area contributed by atoms with Gasteiger partial charge >= 0.3 is 0 Å². The topological polar surface area (TPSA) is 66.0 Å². The van der Waals surface area contributed by atoms with Crippen molar-refractivity contribution in [1.29, 1.82) is 0 Å². The average molecular weight is 617 g/mol. The van der Waals surface area contributed by atoms with Gasteiger partial charge in [-0.25, -0.2) is 0 Å². The number of ether oxygens (including phenoxy) is 1. The number of hydrogen-bond donors (Lipinski definition) is 0. The van der Waals surface area contributed by atoms with Gasteiger partial charge in [-0.15, -0.1) is 0 Å². The van der Waals surface area contributed by atoms with Crippen molar-refractivity contribution in [2.45, 2.75) is 45.4 Å². The van der Waals surface area contributed by atoms with Crippen molar-refractivity contribution in [2.24, 2.45) is 23.2 Å². The second-order valence-electron chi connectivity index (χ2n) is 14.0. The van der Waals surface area contributed by atoms with E-state index in [-0.39, 0.29) is 11.8 Å². The Kier molecular flexibility index (Phi) is 8.46. The van der Waals surface area contributed by atoms with E-state index >= 15 is 0 Å². The Bertz CT molecular complexity index is 1610. The standard InChI is InChI=1S/C39H44N4O3/c1-3-46-35-21-28(25-40-26-35)8-9-32-6-4-5-7-36(32)38(45)43-16-14-42(15-17-43)34-12-10-33(11-13-34)37(44)41(2)27-39-22-29-18-30(23-39)20-31(19-29)24-39/h4-7,10-13,21,25-26,29-31H,3,14-20,22-24,27H2,1-2H3. The van der Waals surface area contributed by atoms with E-state index in [2.05, 4.69) is 33.9 Å². The van der Waals surface area contributed by atoms with Crippen LogP contribution < -0.4 is 9.64 Å². The van der Waals surface area contributed by atoms with Gasteiger partial charge in [0.15, 0.2) is 0 Å². The third kappa shape index (κ3) is 6.35. The lowest BCUT2D eigenvalue weighted by Gasteiger charge is -2.57. The lowest BCUT2D eigenvalue weighted by Crippen LogP contribution is -2.51. The molecule has 1 saturated heterocycles. The number of hydrogen-bond acceptors (Lipinski definition) is 5. The van der Waals surface area contributed by atoms with E-state index in [1.165, 1.54) is 38.5 Å². The van der Waals surface area contributed by atoms with Crippen molar-refractivity contribution < 1.29 is 14.3 Å². The summed E-state index contributed by atoms with van der Waals surface area (Å²) in [4.78, 5) is 37.4. The molecule has 7 heteroatoms. The predicted molar refractivity (Wildman–Crippen MR) is 180 cm³/mol. The Morgan fingerprint density at radius 2 is 1.59 bits per heavy atom. The fourth-order valence-corrected chi connectivity index (χ4v) is 9.08. The van der Waals surface area contributed by atoms with Crippen molar-refractivity contribution in [3.8, 4) is 17.6 Å². The zero-order valence-corrected chi connectivity index (χ0v) is 27.1. The first-order chi connectivity index (χ1) is 22.4. The molecule has 4 saturated carbocycles. The van der Waals surface area contributed by atoms with Gasteiger partial charge in [0.2, 0.25) is 0 Å². The lowest BCUT2D eigenvalue weighted by molar-refractivity contribution is -0.0629. The van der Waals surface area contributed by atoms with Crippen molar-refractivity contribution in [1.82, 2.24) is 14.8 Å². The zero-order valence-electron chi connectivity index (χ0n) is 27.1. The summed E-state index contributed by atoms with van der Waals surface area (Å²) in [5, 5.41) is 0. The highest BCUT2D eigenvalue weighted by Crippen LogP contribution is 2.60. The van der Waals surface area contributed by atoms with Crippen LogP contribution in [0.15, 0.2) is 67.0 Å². The van der Waals surface area contributed by atoms with Crippen LogP contribution in [0.3, 0.4) is 0 Å². The number of aromatic nitrogens is 1. The summed E-state index contributed by atoms with van der Waals surface area (Å²) in [6, 6.07) is 17.5. The Balaban J connectivity index is 0.950. The van der Waals surface area contributed by atoms with E-state index in [4.69, 9.17) is 4.74 Å². The number of amides is 2. The van der Waals surface area contributed by atoms with Gasteiger partial charge in [-0.1, -0.05) is 24.0 Å². The van der Waals surface area contributed by atoms with E-state index in [1.807, 2.05) is 66.2 Å². The maximum atomic E-state index is 13.6. The van der Waals surface area contributed by atoms with Crippen LogP contribution in [-0.4, -0.2) is 73.0 Å². The molecule has 46 heavy (non-hydrogen) atoms. The SMILES string of the molecule is CCOc1cncc(C#Cc2ccccc2C(=O)N2CCN(c3ccc(C(=O)N(C)CC45CC6CC(CC(C6)C4)C5)cc3)CC2)c1. The number of carbonyl (C=O) groups is 2. The predicted octanol–water partition coefficient (Wildman–Crippen LogP) is 6.13. The van der Waals surface area contributed by atoms with Crippen molar-refractivity contribution >= 4 is 17.5 Å². The van der Waals surface area contributed by atoms with Gasteiger partial charge < -0.3 is 19.4 Å². The number of nitrogens with zero attached hydrogens (tertiary/aromatic N) is 4. The molecule has 8 rings (SSSR count). The van der Waals surface area contributed by atoms with E-state index in [9.17, 15) is 9.59 Å². The molecule has 4 aliphatic carbocycles. The second-order valence-corrected chi connectivity index (χ2v) is 14.0. The number of piperazine rings is 1. The first kappa shape index (κ1) is 30.3. The van der Waals surface area contributed by atoms with Gasteiger partial charge in [0.25, 0.3) is 11.8 Å². The van der Waals surface area contributed by atoms with Gasteiger partial charge in [-0.3, -0.25) is 14.6 Å². The average Bonchev–Trinajstić information content (AvgIpc) is 3.06. The highest BCUT2D eigenvalue weighted by atomic mass is 16.5. The quantitative estimate of drug-likeness (QED) is 0.299. The number of pyridine rings is 1. The zero-order chi connectivity index (χ0) is 31.7. The van der Waals surface area contributed by atoms with Crippen LogP contribution in [0, 0.1) is 35.0 Å². The van der Waals surface area contributed by atoms with Crippen LogP contribution in [0.4, 0.5) is 5.69 Å². The van der Waals surface area contributed by atoms with Gasteiger partial charge in [0.1, 0.15) is 5.75 Å². The largest absolute Gasteiger partial charge is 0.492 e. The monoisotopic (exact) mass is 616 g/mol. The fraction of sp³-hybridized carbons (Fsp3) is 0.462. The second kappa shape index (κ2) is 12.8. The molecule has 238 valence electrons. The highest BCUT2D eigenvalue weighted by molar-refractivity contribution is 5.97. The summed E-state index contributed by atoms with van der Waals surface area (Å²) in [5.41, 5.74) is 4.23. The van der Waals surface area contributed by atoms with E-state index in [0.29, 0.717) is 42.0 Å². The van der Waals surface area contributed by atoms with Crippen LogP contribution in [0.25, 0.3) is 0 Å². The van der Waals surface area contributed by atoms with Gasteiger partial charge in [0, 0.05) is 68.3 Å². The molecule has 1 aromatic heterocycles. The molecule has 5 aliphatic rings. The first-order valence-corrected chi connectivity index (χ1v) is 17.0. The molecule has 2 heterocycles. The molecule has 7 nitrogen and oxygen atoms in total. The molecule has 5 fully saturated rings. The third-order valence-corrected chi connectivity index (χ3v) is 10.7. The molecule has 0 atom stereocenters. The number of benzene rings is 2. The third-order valence-electron chi connectivity index (χ3n) is 10.7. The molecular formula is C39H44N4O3. The summed E-state index contributed by atoms with van der Waals surface area (Å²) >= 11 is 0. The molecule has 2 amide bonds. The number of anilines is 1. The Hall–Kier alpha value is -4.31. The van der Waals surface area contributed by atoms with Crippen molar-refractivity contribution in [2.75, 3.05) is 51.3 Å². The van der Waals surface area contributed by atoms with E-state index < -0.39 is 0 Å². The summed E-state index contributed by atoms with van der Waals surface area (Å²) in [6.45, 7) is 6.09. The van der Waals surface area contributed by atoms with Crippen LogP contribution >= 0.6 is 0 Å². The summed E-state index contributed by atoms with van der Waals surface area (Å²) < 4.78 is 5.54. The maximum absolute atomic E-state index is 13.6. The molecule has 0 N–H and O–H groups in total. The van der Waals surface area contributed by atoms with Gasteiger partial charge in [-0.05, 0) is 111 Å². The van der Waals surface area contributed by atoms with Crippen LogP contribution in [0.2, 0.25) is 0 Å². The molecule has 0 spiro atoms. The van der Waals surface area contributed by atoms with E-state index in [1.54, 1.807) is 12.4 Å². The Labute approximate surface area is 272 Å². The molecule has 0 unspecified atom stereocenters. The van der Waals surface area contributed by atoms with Crippen LogP contribution in [0.1, 0.15) is 77.3 Å². The molecule has 2 aromatic carbocycles. The minimum absolute atomic E-state index is 0.00579. The summed E-state index contributed by atoms with van der Waals surface area (Å²) in [7, 11) is 1.99. The molecule has 4 bridgehead atoms. The highest BCUT2D eigenvalue weighted by Gasteiger charge is 2.51. The lowest BCUT2D eigenvalue weighted by atomic mass is 9.49. The normalized spacial score (nSPS) is 24.7. The van der Waals surface area contributed by atoms with Crippen LogP contribution in [-0.2, 0) is 0 Å².